The fraction of sp³-hybridized carbons (Fsp3) is 0.389. The Morgan fingerprint density at radius 2 is 1.71 bits per heavy atom. The van der Waals surface area contributed by atoms with Crippen LogP contribution in [-0.4, -0.2) is 67.1 Å². The van der Waals surface area contributed by atoms with E-state index in [0.29, 0.717) is 55.1 Å². The summed E-state index contributed by atoms with van der Waals surface area (Å²) in [4.78, 5) is 41.6. The Hall–Kier alpha value is -4.55. The van der Waals surface area contributed by atoms with E-state index in [9.17, 15) is 24.0 Å². The van der Waals surface area contributed by atoms with Gasteiger partial charge in [-0.15, -0.1) is 0 Å². The summed E-state index contributed by atoms with van der Waals surface area (Å²) in [6.45, 7) is 7.24. The van der Waals surface area contributed by atoms with Gasteiger partial charge in [0.05, 0.1) is 24.2 Å². The lowest BCUT2D eigenvalue weighted by atomic mass is 9.95. The van der Waals surface area contributed by atoms with Gasteiger partial charge in [-0.1, -0.05) is 69.3 Å². The molecule has 0 aromatic heterocycles. The normalized spacial score (nSPS) is 15.7. The van der Waals surface area contributed by atoms with E-state index < -0.39 is 18.1 Å². The van der Waals surface area contributed by atoms with Crippen LogP contribution in [0.3, 0.4) is 0 Å². The van der Waals surface area contributed by atoms with E-state index in [1.54, 1.807) is 36.4 Å². The third-order valence-corrected chi connectivity index (χ3v) is 7.90. The van der Waals surface area contributed by atoms with Crippen molar-refractivity contribution in [2.75, 3.05) is 26.2 Å². The van der Waals surface area contributed by atoms with E-state index >= 15 is 0 Å². The highest BCUT2D eigenvalue weighted by molar-refractivity contribution is 6.02. The number of hydrogen-bond donors (Lipinski definition) is 3. The number of likely N-dealkylation sites (tertiary alicyclic amines) is 1. The number of nitrogens with zero attached hydrogens (tertiary/aromatic N) is 2. The largest absolute Gasteiger partial charge is 0.354 e. The molecule has 3 aromatic rings. The molecule has 1 heterocycles. The monoisotopic (exact) mass is 611 g/mol. The first-order chi connectivity index (χ1) is 21.7. The summed E-state index contributed by atoms with van der Waals surface area (Å²) in [5.74, 6) is -0.514. The van der Waals surface area contributed by atoms with Crippen LogP contribution in [-0.2, 0) is 11.2 Å². The average Bonchev–Trinajstić information content (AvgIpc) is 3.49. The molecule has 4 rings (SSSR count). The Bertz CT molecular complexity index is 1520. The van der Waals surface area contributed by atoms with Crippen molar-refractivity contribution >= 4 is 17.7 Å². The molecule has 3 atom stereocenters. The van der Waals surface area contributed by atoms with Gasteiger partial charge >= 0.3 is 0 Å². The molecule has 45 heavy (non-hydrogen) atoms. The van der Waals surface area contributed by atoms with Crippen LogP contribution in [0.1, 0.15) is 65.5 Å². The molecular weight excluding hydrogens is 569 g/mol. The minimum atomic E-state index is -1.08. The third-order valence-electron chi connectivity index (χ3n) is 7.90. The van der Waals surface area contributed by atoms with Gasteiger partial charge in [0.2, 0.25) is 5.91 Å². The van der Waals surface area contributed by atoms with Crippen molar-refractivity contribution in [2.24, 2.45) is 5.92 Å². The first-order valence-corrected chi connectivity index (χ1v) is 15.6. The summed E-state index contributed by atoms with van der Waals surface area (Å²) >= 11 is 0. The zero-order chi connectivity index (χ0) is 32.3. The van der Waals surface area contributed by atoms with Gasteiger partial charge in [0.1, 0.15) is 6.17 Å². The highest BCUT2D eigenvalue weighted by Crippen LogP contribution is 2.27. The van der Waals surface area contributed by atoms with Crippen molar-refractivity contribution in [3.63, 3.8) is 0 Å². The van der Waals surface area contributed by atoms with E-state index in [4.69, 9.17) is 0 Å². The van der Waals surface area contributed by atoms with E-state index in [1.165, 1.54) is 11.0 Å². The summed E-state index contributed by atoms with van der Waals surface area (Å²) in [5.41, 5.74) is 3.07. The van der Waals surface area contributed by atoms with E-state index in [-0.39, 0.29) is 41.9 Å². The molecule has 0 bridgehead atoms. The van der Waals surface area contributed by atoms with Crippen LogP contribution in [0.25, 0.3) is 11.1 Å². The number of hydrogen-bond acceptors (Lipinski definition) is 5. The number of carbonyl (C=O) groups excluding carboxylic acids is 3. The van der Waals surface area contributed by atoms with Crippen molar-refractivity contribution in [2.45, 2.75) is 58.3 Å². The van der Waals surface area contributed by atoms with Crippen LogP contribution < -0.4 is 16.0 Å². The molecule has 0 radical (unpaired) electrons. The minimum Gasteiger partial charge on any atom is -0.354 e. The maximum absolute atomic E-state index is 14.0. The first kappa shape index (κ1) is 33.3. The first-order valence-electron chi connectivity index (χ1n) is 15.6. The second kappa shape index (κ2) is 16.0. The molecule has 236 valence electrons. The number of nitriles is 1. The predicted molar refractivity (Wildman–Crippen MR) is 173 cm³/mol. The number of amides is 3. The van der Waals surface area contributed by atoms with Crippen molar-refractivity contribution in [1.29, 1.82) is 5.26 Å². The molecule has 8 nitrogen and oxygen atoms in total. The molecule has 0 spiro atoms. The minimum absolute atomic E-state index is 0.00747. The lowest BCUT2D eigenvalue weighted by Gasteiger charge is -2.24. The lowest BCUT2D eigenvalue weighted by molar-refractivity contribution is -0.123. The van der Waals surface area contributed by atoms with Crippen molar-refractivity contribution in [3.8, 4) is 17.2 Å². The smallest absolute Gasteiger partial charge is 0.253 e. The van der Waals surface area contributed by atoms with Crippen LogP contribution in [0.2, 0.25) is 0 Å². The predicted octanol–water partition coefficient (Wildman–Crippen LogP) is 4.89. The SMILES string of the molecule is CC[C@H](NC[C@H](Cc1ccccc1)NC(=O)c1cc(C(=O)N2CC[C@@H](F)C2)cc(-c2ccccc2C#N)c1)C(=O)NCC(C)C. The van der Waals surface area contributed by atoms with Gasteiger partial charge in [-0.2, -0.15) is 5.26 Å². The van der Waals surface area contributed by atoms with Gasteiger partial charge in [-0.25, -0.2) is 4.39 Å². The van der Waals surface area contributed by atoms with Gasteiger partial charge in [0.25, 0.3) is 11.8 Å². The maximum Gasteiger partial charge on any atom is 0.253 e. The summed E-state index contributed by atoms with van der Waals surface area (Å²) in [6.07, 6.45) is 0.291. The van der Waals surface area contributed by atoms with Gasteiger partial charge in [0, 0.05) is 36.8 Å². The molecule has 1 fully saturated rings. The molecule has 1 saturated heterocycles. The Morgan fingerprint density at radius 1 is 1.00 bits per heavy atom. The Balaban J connectivity index is 1.62. The average molecular weight is 612 g/mol. The number of benzene rings is 3. The topological polar surface area (TPSA) is 114 Å². The number of nitrogens with one attached hydrogen (secondary N) is 3. The highest BCUT2D eigenvalue weighted by atomic mass is 19.1. The summed E-state index contributed by atoms with van der Waals surface area (Å²) in [7, 11) is 0. The number of halogens is 1. The second-order valence-corrected chi connectivity index (χ2v) is 12.0. The van der Waals surface area contributed by atoms with Crippen molar-refractivity contribution < 1.29 is 18.8 Å². The van der Waals surface area contributed by atoms with Gasteiger partial charge in [-0.05, 0) is 66.1 Å². The molecule has 0 saturated carbocycles. The van der Waals surface area contributed by atoms with Crippen LogP contribution in [0.5, 0.6) is 0 Å². The molecule has 0 aliphatic carbocycles. The molecule has 3 aromatic carbocycles. The summed E-state index contributed by atoms with van der Waals surface area (Å²) < 4.78 is 14.0. The Labute approximate surface area is 265 Å². The summed E-state index contributed by atoms with van der Waals surface area (Å²) in [6, 6.07) is 23.0. The fourth-order valence-corrected chi connectivity index (χ4v) is 5.43. The van der Waals surface area contributed by atoms with Gasteiger partial charge in [-0.3, -0.25) is 14.4 Å². The van der Waals surface area contributed by atoms with E-state index in [2.05, 4.69) is 22.0 Å². The molecule has 1 aliphatic rings. The number of carbonyl (C=O) groups is 3. The summed E-state index contributed by atoms with van der Waals surface area (Å²) in [5, 5.41) is 19.2. The van der Waals surface area contributed by atoms with Crippen LogP contribution in [0.4, 0.5) is 4.39 Å². The van der Waals surface area contributed by atoms with Crippen LogP contribution >= 0.6 is 0 Å². The molecule has 3 amide bonds. The zero-order valence-electron chi connectivity index (χ0n) is 26.2. The Morgan fingerprint density at radius 3 is 2.38 bits per heavy atom. The van der Waals surface area contributed by atoms with Gasteiger partial charge < -0.3 is 20.9 Å². The standard InChI is InChI=1S/C36H42FN5O3/c1-4-33(35(44)40-21-24(2)3)39-22-31(16-25-10-6-5-7-11-25)41-34(43)28-17-27(32-13-9-8-12-26(32)20-38)18-29(19-28)36(45)42-15-14-30(37)23-42/h5-13,17-19,24,30-31,33,39H,4,14-16,21-23H2,1-3H3,(H,40,44)(H,41,43)/t30-,31+,33+/m1/s1. The Kier molecular flexibility index (Phi) is 11.8. The van der Waals surface area contributed by atoms with Crippen LogP contribution in [0.15, 0.2) is 72.8 Å². The van der Waals surface area contributed by atoms with Gasteiger partial charge in [0.15, 0.2) is 0 Å². The zero-order valence-corrected chi connectivity index (χ0v) is 26.2. The highest BCUT2D eigenvalue weighted by Gasteiger charge is 2.28. The molecule has 3 N–H and O–H groups in total. The molecule has 1 aliphatic heterocycles. The fourth-order valence-electron chi connectivity index (χ4n) is 5.43. The van der Waals surface area contributed by atoms with E-state index in [0.717, 1.165) is 5.56 Å². The lowest BCUT2D eigenvalue weighted by Crippen LogP contribution is -2.50. The molecule has 9 heteroatoms. The van der Waals surface area contributed by atoms with Crippen LogP contribution in [0, 0.1) is 17.2 Å². The number of rotatable bonds is 13. The maximum atomic E-state index is 14.0. The molecule has 0 unspecified atom stereocenters. The van der Waals surface area contributed by atoms with Crippen molar-refractivity contribution in [3.05, 3.63) is 95.1 Å². The van der Waals surface area contributed by atoms with E-state index in [1.807, 2.05) is 51.1 Å². The quantitative estimate of drug-likeness (QED) is 0.255. The number of alkyl halides is 1. The second-order valence-electron chi connectivity index (χ2n) is 12.0. The third kappa shape index (κ3) is 9.22. The van der Waals surface area contributed by atoms with Crippen molar-refractivity contribution in [1.82, 2.24) is 20.9 Å². The molecular formula is C36H42FN5O3.